The largest absolute Gasteiger partial charge is 0.464 e. The molecule has 12 rings (SSSR count). The summed E-state index contributed by atoms with van der Waals surface area (Å²) in [6.07, 6.45) is 12.1. The minimum Gasteiger partial charge on any atom is -0.464 e. The van der Waals surface area contributed by atoms with Gasteiger partial charge in [-0.3, -0.25) is 39.0 Å². The number of morpholine rings is 1. The molecule has 8 fully saturated rings. The molecule has 18 heteroatoms. The molecule has 6 bridgehead atoms. The number of hydrazine groups is 1. The summed E-state index contributed by atoms with van der Waals surface area (Å²) in [6.45, 7) is 19.5. The van der Waals surface area contributed by atoms with Gasteiger partial charge in [0.25, 0.3) is 5.91 Å². The SMILES string of the molecule is CCn1c(-c2cc(N3CCN(C4CC4)CC3)cnc2[C@H](C)OC)c2c3cc(ccc31)N1CCO[C@@H](C[C@H](NC(=O)C(C3CCCC3)N3CC[C@]4(CCN(C(=O)[C@H]5CN5)C4)C3)C(=O)N3CCC[C@H](N3)C(=O)OCC(C)(C)C2)C1. The van der Waals surface area contributed by atoms with Crippen molar-refractivity contribution < 1.29 is 33.4 Å². The highest BCUT2D eigenvalue weighted by Gasteiger charge is 2.51. The third-order valence-corrected chi connectivity index (χ3v) is 19.2. The minimum absolute atomic E-state index is 0.0312. The van der Waals surface area contributed by atoms with Crippen LogP contribution in [0.2, 0.25) is 0 Å². The van der Waals surface area contributed by atoms with Crippen molar-refractivity contribution >= 4 is 46.0 Å². The maximum Gasteiger partial charge on any atom is 0.324 e. The number of nitrogens with one attached hydrogen (secondary N) is 3. The van der Waals surface area contributed by atoms with E-state index in [0.717, 1.165) is 149 Å². The third kappa shape index (κ3) is 10.8. The molecule has 18 nitrogen and oxygen atoms in total. The van der Waals surface area contributed by atoms with Gasteiger partial charge in [-0.1, -0.05) is 26.7 Å². The van der Waals surface area contributed by atoms with E-state index in [1.165, 1.54) is 18.4 Å². The summed E-state index contributed by atoms with van der Waals surface area (Å²) in [5, 5.41) is 9.27. The summed E-state index contributed by atoms with van der Waals surface area (Å²) >= 11 is 0. The first-order chi connectivity index (χ1) is 37.3. The van der Waals surface area contributed by atoms with Crippen LogP contribution in [0.15, 0.2) is 30.5 Å². The molecule has 1 aromatic carbocycles. The van der Waals surface area contributed by atoms with Crippen molar-refractivity contribution in [1.29, 1.82) is 0 Å². The van der Waals surface area contributed by atoms with Gasteiger partial charge in [0.1, 0.15) is 12.1 Å². The number of carbonyl (C=O) groups excluding carboxylic acids is 4. The highest BCUT2D eigenvalue weighted by Crippen LogP contribution is 2.45. The molecule has 3 aromatic rings. The molecule has 3 amide bonds. The van der Waals surface area contributed by atoms with E-state index in [9.17, 15) is 9.59 Å². The van der Waals surface area contributed by atoms with Crippen LogP contribution in [0.4, 0.5) is 11.4 Å². The number of cyclic esters (lactones) is 1. The molecule has 418 valence electrons. The zero-order valence-electron chi connectivity index (χ0n) is 46.5. The molecule has 7 aliphatic heterocycles. The average Bonchev–Trinajstić information content (AvgIpc) is 4.48. The number of benzene rings is 1. The molecule has 3 N–H and O–H groups in total. The molecule has 77 heavy (non-hydrogen) atoms. The molecule has 1 unspecified atom stereocenters. The molecule has 2 saturated carbocycles. The van der Waals surface area contributed by atoms with Gasteiger partial charge in [-0.05, 0) is 114 Å². The van der Waals surface area contributed by atoms with Crippen LogP contribution < -0.4 is 25.9 Å². The number of nitrogens with zero attached hydrogens (tertiary/aromatic N) is 8. The fourth-order valence-electron chi connectivity index (χ4n) is 14.6. The minimum atomic E-state index is -0.899. The van der Waals surface area contributed by atoms with Gasteiger partial charge in [0.2, 0.25) is 11.8 Å². The second-order valence-electron chi connectivity index (χ2n) is 25.2. The summed E-state index contributed by atoms with van der Waals surface area (Å²) in [7, 11) is 1.75. The van der Waals surface area contributed by atoms with Crippen LogP contribution in [0.25, 0.3) is 22.2 Å². The molecule has 6 saturated heterocycles. The van der Waals surface area contributed by atoms with E-state index >= 15 is 9.59 Å². The number of fused-ring (bicyclic) bond motifs is 6. The van der Waals surface area contributed by atoms with E-state index < -0.39 is 17.5 Å². The number of aryl methyl sites for hydroxylation is 1. The Labute approximate surface area is 455 Å². The van der Waals surface area contributed by atoms with Gasteiger partial charge < -0.3 is 44.1 Å². The molecule has 9 heterocycles. The average molecular weight is 1060 g/mol. The number of hydrogen-bond acceptors (Lipinski definition) is 14. The molecular formula is C59H85N11O7. The molecule has 9 aliphatic rings. The predicted octanol–water partition coefficient (Wildman–Crippen LogP) is 4.87. The lowest BCUT2D eigenvalue weighted by molar-refractivity contribution is -0.156. The van der Waals surface area contributed by atoms with Crippen LogP contribution in [0.5, 0.6) is 0 Å². The second-order valence-corrected chi connectivity index (χ2v) is 25.2. The smallest absolute Gasteiger partial charge is 0.324 e. The molecule has 0 radical (unpaired) electrons. The van der Waals surface area contributed by atoms with E-state index in [4.69, 9.17) is 19.2 Å². The van der Waals surface area contributed by atoms with Crippen molar-refractivity contribution in [2.45, 2.75) is 154 Å². The summed E-state index contributed by atoms with van der Waals surface area (Å²) < 4.78 is 21.4. The van der Waals surface area contributed by atoms with Crippen LogP contribution in [-0.4, -0.2) is 188 Å². The first kappa shape index (κ1) is 52.8. The van der Waals surface area contributed by atoms with Gasteiger partial charge in [-0.15, -0.1) is 0 Å². The normalized spacial score (nSPS) is 29.5. The number of rotatable bonds is 11. The van der Waals surface area contributed by atoms with Crippen LogP contribution in [0.1, 0.15) is 116 Å². The third-order valence-electron chi connectivity index (χ3n) is 19.2. The van der Waals surface area contributed by atoms with Gasteiger partial charge in [0, 0.05) is 131 Å². The summed E-state index contributed by atoms with van der Waals surface area (Å²) in [5.74, 6) is -0.381. The van der Waals surface area contributed by atoms with E-state index in [0.29, 0.717) is 45.5 Å². The molecule has 2 aromatic heterocycles. The summed E-state index contributed by atoms with van der Waals surface area (Å²) in [6, 6.07) is 7.86. The van der Waals surface area contributed by atoms with Crippen molar-refractivity contribution in [2.75, 3.05) is 109 Å². The number of pyridine rings is 1. The molecule has 1 spiro atoms. The lowest BCUT2D eigenvalue weighted by Gasteiger charge is -2.39. The van der Waals surface area contributed by atoms with Crippen molar-refractivity contribution in [3.8, 4) is 11.3 Å². The Morgan fingerprint density at radius 1 is 0.922 bits per heavy atom. The van der Waals surface area contributed by atoms with Gasteiger partial charge in [0.05, 0.1) is 60.8 Å². The van der Waals surface area contributed by atoms with Gasteiger partial charge in [-0.25, -0.2) is 5.43 Å². The number of anilines is 2. The maximum atomic E-state index is 15.2. The highest BCUT2D eigenvalue weighted by molar-refractivity contribution is 5.95. The molecule has 2 aliphatic carbocycles. The van der Waals surface area contributed by atoms with E-state index in [1.807, 2.05) is 11.1 Å². The van der Waals surface area contributed by atoms with Crippen LogP contribution in [0.3, 0.4) is 0 Å². The molecule has 7 atom stereocenters. The van der Waals surface area contributed by atoms with Gasteiger partial charge in [-0.2, -0.15) is 0 Å². The Bertz CT molecular complexity index is 2690. The Balaban J connectivity index is 0.872. The Morgan fingerprint density at radius 3 is 2.47 bits per heavy atom. The van der Waals surface area contributed by atoms with Gasteiger partial charge >= 0.3 is 5.97 Å². The number of piperazine rings is 1. The second kappa shape index (κ2) is 21.7. The number of amides is 3. The zero-order valence-corrected chi connectivity index (χ0v) is 46.5. The van der Waals surface area contributed by atoms with E-state index in [1.54, 1.807) is 12.1 Å². The fourth-order valence-corrected chi connectivity index (χ4v) is 14.6. The van der Waals surface area contributed by atoms with Crippen molar-refractivity contribution in [2.24, 2.45) is 16.7 Å². The number of methoxy groups -OCH3 is 1. The number of carbonyl (C=O) groups is 4. The topological polar surface area (TPSA) is 179 Å². The quantitative estimate of drug-likeness (QED) is 0.175. The van der Waals surface area contributed by atoms with Crippen LogP contribution >= 0.6 is 0 Å². The number of ether oxygens (including phenoxy) is 3. The van der Waals surface area contributed by atoms with E-state index in [-0.39, 0.29) is 72.3 Å². The summed E-state index contributed by atoms with van der Waals surface area (Å²) in [5.41, 5.74) is 10.3. The number of esters is 1. The predicted molar refractivity (Wildman–Crippen MR) is 295 cm³/mol. The number of likely N-dealkylation sites (tertiary alicyclic amines) is 2. The maximum absolute atomic E-state index is 15.2. The highest BCUT2D eigenvalue weighted by atomic mass is 16.5. The zero-order chi connectivity index (χ0) is 53.2. The first-order valence-corrected chi connectivity index (χ1v) is 29.6. The monoisotopic (exact) mass is 1060 g/mol. The van der Waals surface area contributed by atoms with Crippen LogP contribution in [0, 0.1) is 16.7 Å². The fraction of sp³-hybridized carbons (Fsp3) is 0.712. The van der Waals surface area contributed by atoms with E-state index in [2.05, 4.69) is 92.2 Å². The summed E-state index contributed by atoms with van der Waals surface area (Å²) in [4.78, 5) is 74.9. The van der Waals surface area contributed by atoms with Crippen LogP contribution in [-0.2, 0) is 46.4 Å². The standard InChI is InChI=1S/C59H85N11O7/c1-6-69-50-16-15-41-28-44(50)46(53(69)45-29-42(32-61-51(45)38(2)75-5)65-24-22-64(23-25-65)40-13-14-40)31-58(3,4)37-77-57(74)47-12-9-19-70(63-47)56(73)48(30-43-34-66(41)26-27-76-43)62-54(71)52(39-10-7-8-11-39)67-20-17-59(35-67)18-21-68(36-59)55(72)49-33-60-49/h15-16,28-29,32,38-40,43,47-49,52,60,63H,6-14,17-27,30-31,33-37H2,1-5H3,(H,62,71)/t38-,43-,47-,48-,49+,52?,59-/m0/s1. The lowest BCUT2D eigenvalue weighted by Crippen LogP contribution is -2.62. The molecular weight excluding hydrogens is 975 g/mol. The number of aromatic nitrogens is 2. The van der Waals surface area contributed by atoms with Crippen molar-refractivity contribution in [3.63, 3.8) is 0 Å². The number of hydrogen-bond donors (Lipinski definition) is 3. The Morgan fingerprint density at radius 2 is 1.71 bits per heavy atom. The first-order valence-electron chi connectivity index (χ1n) is 29.6. The van der Waals surface area contributed by atoms with Gasteiger partial charge in [0.15, 0.2) is 0 Å². The lowest BCUT2D eigenvalue weighted by atomic mass is 9.84. The Hall–Kier alpha value is -4.85. The van der Waals surface area contributed by atoms with Crippen molar-refractivity contribution in [3.05, 3.63) is 41.7 Å². The Kier molecular flexibility index (Phi) is 14.9. The van der Waals surface area contributed by atoms with Crippen molar-refractivity contribution in [1.82, 2.24) is 45.3 Å².